The highest BCUT2D eigenvalue weighted by molar-refractivity contribution is 5.92. The van der Waals surface area contributed by atoms with Gasteiger partial charge in [-0.05, 0) is 11.5 Å². The predicted molar refractivity (Wildman–Crippen MR) is 80.1 cm³/mol. The third kappa shape index (κ3) is 4.62. The Balaban J connectivity index is 1.70. The molecule has 2 rings (SSSR count). The lowest BCUT2D eigenvalue weighted by Gasteiger charge is -2.33. The molecule has 1 aliphatic heterocycles. The smallest absolute Gasteiger partial charge is 0.298 e. The van der Waals surface area contributed by atoms with Crippen molar-refractivity contribution in [1.82, 2.24) is 15.1 Å². The lowest BCUT2D eigenvalue weighted by Crippen LogP contribution is -2.50. The van der Waals surface area contributed by atoms with Crippen molar-refractivity contribution >= 4 is 11.8 Å². The topological polar surface area (TPSA) is 52.7 Å². The van der Waals surface area contributed by atoms with Crippen LogP contribution >= 0.6 is 0 Å². The fourth-order valence-electron chi connectivity index (χ4n) is 2.26. The number of nitrogens with zero attached hydrogens (tertiary/aromatic N) is 2. The van der Waals surface area contributed by atoms with E-state index in [4.69, 9.17) is 6.42 Å². The number of rotatable bonds is 4. The second kappa shape index (κ2) is 7.46. The molecule has 110 valence electrons. The van der Waals surface area contributed by atoms with Gasteiger partial charge in [0.25, 0.3) is 5.91 Å². The minimum Gasteiger partial charge on any atom is -0.351 e. The number of hydrogen-bond donors (Lipinski definition) is 1. The Morgan fingerprint density at radius 1 is 1.14 bits per heavy atom. The molecule has 0 unspecified atom stereocenters. The number of hydrogen-bond acceptors (Lipinski definition) is 3. The zero-order chi connectivity index (χ0) is 15.1. The van der Waals surface area contributed by atoms with Gasteiger partial charge in [-0.2, -0.15) is 0 Å². The van der Waals surface area contributed by atoms with Gasteiger partial charge in [0.2, 0.25) is 5.91 Å². The van der Waals surface area contributed by atoms with Crippen LogP contribution in [0.5, 0.6) is 0 Å². The Kier molecular flexibility index (Phi) is 5.35. The van der Waals surface area contributed by atoms with Crippen molar-refractivity contribution in [2.45, 2.75) is 6.54 Å². The summed E-state index contributed by atoms with van der Waals surface area (Å²) in [6.45, 7) is 3.39. The van der Waals surface area contributed by atoms with Crippen molar-refractivity contribution in [3.63, 3.8) is 0 Å². The second-order valence-electron chi connectivity index (χ2n) is 4.98. The van der Waals surface area contributed by atoms with Gasteiger partial charge in [-0.15, -0.1) is 6.42 Å². The van der Waals surface area contributed by atoms with Crippen LogP contribution in [0.25, 0.3) is 0 Å². The van der Waals surface area contributed by atoms with Crippen LogP contribution in [0.1, 0.15) is 5.56 Å². The first kappa shape index (κ1) is 15.1. The highest BCUT2D eigenvalue weighted by atomic mass is 16.2. The number of terminal acetylenes is 1. The molecule has 0 aromatic heterocycles. The second-order valence-corrected chi connectivity index (χ2v) is 4.98. The largest absolute Gasteiger partial charge is 0.351 e. The Hall–Kier alpha value is -2.32. The summed E-state index contributed by atoms with van der Waals surface area (Å²) >= 11 is 0. The molecule has 2 amide bonds. The lowest BCUT2D eigenvalue weighted by atomic mass is 10.2. The molecule has 0 radical (unpaired) electrons. The van der Waals surface area contributed by atoms with Crippen LogP contribution in [0.2, 0.25) is 0 Å². The third-order valence-electron chi connectivity index (χ3n) is 3.48. The van der Waals surface area contributed by atoms with Gasteiger partial charge < -0.3 is 10.2 Å². The molecule has 1 saturated heterocycles. The molecule has 0 spiro atoms. The van der Waals surface area contributed by atoms with Crippen LogP contribution in [0.3, 0.4) is 0 Å². The van der Waals surface area contributed by atoms with Gasteiger partial charge >= 0.3 is 0 Å². The Labute approximate surface area is 124 Å². The summed E-state index contributed by atoms with van der Waals surface area (Å²) in [7, 11) is 0. The van der Waals surface area contributed by atoms with Gasteiger partial charge in [-0.25, -0.2) is 0 Å². The summed E-state index contributed by atoms with van der Waals surface area (Å²) in [5.41, 5.74) is 1.08. The summed E-state index contributed by atoms with van der Waals surface area (Å²) in [5, 5.41) is 2.90. The van der Waals surface area contributed by atoms with E-state index in [1.54, 1.807) is 4.90 Å². The molecule has 0 saturated carbocycles. The Bertz CT molecular complexity index is 528. The molecule has 1 aromatic carbocycles. The van der Waals surface area contributed by atoms with E-state index >= 15 is 0 Å². The number of carbonyl (C=O) groups excluding carboxylic acids is 2. The molecule has 1 heterocycles. The third-order valence-corrected chi connectivity index (χ3v) is 3.48. The lowest BCUT2D eigenvalue weighted by molar-refractivity contribution is -0.127. The van der Waals surface area contributed by atoms with Crippen LogP contribution in [0.4, 0.5) is 0 Å². The van der Waals surface area contributed by atoms with E-state index in [1.807, 2.05) is 35.2 Å². The number of nitrogens with one attached hydrogen (secondary N) is 1. The molecule has 1 aromatic rings. The molecular weight excluding hydrogens is 266 g/mol. The fourth-order valence-corrected chi connectivity index (χ4v) is 2.26. The van der Waals surface area contributed by atoms with Crippen LogP contribution < -0.4 is 5.32 Å². The molecule has 0 atom stereocenters. The maximum Gasteiger partial charge on any atom is 0.298 e. The van der Waals surface area contributed by atoms with Crippen molar-refractivity contribution in [3.8, 4) is 12.3 Å². The molecule has 1 N–H and O–H groups in total. The summed E-state index contributed by atoms with van der Waals surface area (Å²) < 4.78 is 0. The highest BCUT2D eigenvalue weighted by Gasteiger charge is 2.21. The summed E-state index contributed by atoms with van der Waals surface area (Å²) in [5.74, 6) is 1.84. The van der Waals surface area contributed by atoms with E-state index in [1.165, 1.54) is 0 Å². The average Bonchev–Trinajstić information content (AvgIpc) is 2.54. The number of benzene rings is 1. The van der Waals surface area contributed by atoms with Gasteiger partial charge in [-0.1, -0.05) is 30.3 Å². The van der Waals surface area contributed by atoms with Crippen molar-refractivity contribution in [3.05, 3.63) is 35.9 Å². The molecule has 5 heteroatoms. The van der Waals surface area contributed by atoms with Crippen molar-refractivity contribution in [2.24, 2.45) is 0 Å². The molecular formula is C16H19N3O2. The van der Waals surface area contributed by atoms with E-state index in [2.05, 4.69) is 11.2 Å². The number of piperazine rings is 1. The summed E-state index contributed by atoms with van der Waals surface area (Å²) in [4.78, 5) is 26.9. The predicted octanol–water partition coefficient (Wildman–Crippen LogP) is 0.0802. The Morgan fingerprint density at radius 2 is 1.81 bits per heavy atom. The van der Waals surface area contributed by atoms with Crippen LogP contribution in [-0.2, 0) is 16.1 Å². The molecule has 0 bridgehead atoms. The van der Waals surface area contributed by atoms with Crippen molar-refractivity contribution < 1.29 is 9.59 Å². The molecule has 21 heavy (non-hydrogen) atoms. The van der Waals surface area contributed by atoms with Crippen molar-refractivity contribution in [2.75, 3.05) is 32.7 Å². The normalized spacial score (nSPS) is 15.3. The summed E-state index contributed by atoms with van der Waals surface area (Å²) in [6.07, 6.45) is 5.09. The van der Waals surface area contributed by atoms with Crippen LogP contribution in [-0.4, -0.2) is 54.3 Å². The summed E-state index contributed by atoms with van der Waals surface area (Å²) in [6, 6.07) is 9.80. The van der Waals surface area contributed by atoms with Crippen LogP contribution in [0.15, 0.2) is 30.3 Å². The maximum atomic E-state index is 11.9. The molecule has 0 aliphatic carbocycles. The van der Waals surface area contributed by atoms with Gasteiger partial charge in [0.15, 0.2) is 0 Å². The van der Waals surface area contributed by atoms with E-state index in [9.17, 15) is 9.59 Å². The molecule has 1 aliphatic rings. The zero-order valence-corrected chi connectivity index (χ0v) is 11.9. The minimum absolute atomic E-state index is 0.00409. The average molecular weight is 285 g/mol. The van der Waals surface area contributed by atoms with Gasteiger partial charge in [-0.3, -0.25) is 14.5 Å². The minimum atomic E-state index is -0.275. The first-order valence-electron chi connectivity index (χ1n) is 6.97. The quantitative estimate of drug-likeness (QED) is 0.797. The number of amides is 2. The van der Waals surface area contributed by atoms with E-state index in [-0.39, 0.29) is 11.8 Å². The van der Waals surface area contributed by atoms with Crippen molar-refractivity contribution in [1.29, 1.82) is 0 Å². The Morgan fingerprint density at radius 3 is 2.43 bits per heavy atom. The SMILES string of the molecule is C#CC(=O)N1CCN(CC(=O)NCc2ccccc2)CC1. The number of carbonyl (C=O) groups is 2. The van der Waals surface area contributed by atoms with Crippen LogP contribution in [0, 0.1) is 12.3 Å². The van der Waals surface area contributed by atoms with E-state index in [0.717, 1.165) is 5.56 Å². The monoisotopic (exact) mass is 285 g/mol. The van der Waals surface area contributed by atoms with Gasteiger partial charge in [0.1, 0.15) is 0 Å². The maximum absolute atomic E-state index is 11.9. The van der Waals surface area contributed by atoms with E-state index < -0.39 is 0 Å². The molecule has 5 nitrogen and oxygen atoms in total. The first-order chi connectivity index (χ1) is 10.2. The van der Waals surface area contributed by atoms with Gasteiger partial charge in [0, 0.05) is 32.7 Å². The fraction of sp³-hybridized carbons (Fsp3) is 0.375. The standard InChI is InChI=1S/C16H19N3O2/c1-2-16(21)19-10-8-18(9-11-19)13-15(20)17-12-14-6-4-3-5-7-14/h1,3-7H,8-13H2,(H,17,20). The van der Waals surface area contributed by atoms with E-state index in [0.29, 0.717) is 39.3 Å². The zero-order valence-electron chi connectivity index (χ0n) is 11.9. The first-order valence-corrected chi connectivity index (χ1v) is 6.97. The highest BCUT2D eigenvalue weighted by Crippen LogP contribution is 2.02. The molecule has 1 fully saturated rings. The van der Waals surface area contributed by atoms with Gasteiger partial charge in [0.05, 0.1) is 6.54 Å².